The van der Waals surface area contributed by atoms with E-state index in [2.05, 4.69) is 6.07 Å². The van der Waals surface area contributed by atoms with Gasteiger partial charge in [0.2, 0.25) is 0 Å². The Balaban J connectivity index is 2.58. The molecule has 3 aromatic rings. The van der Waals surface area contributed by atoms with Gasteiger partial charge in [-0.1, -0.05) is 48.5 Å². The summed E-state index contributed by atoms with van der Waals surface area (Å²) >= 11 is 0. The molecule has 18 heavy (non-hydrogen) atoms. The van der Waals surface area contributed by atoms with Gasteiger partial charge in [-0.05, 0) is 27.6 Å². The third-order valence-corrected chi connectivity index (χ3v) is 3.20. The molecule has 3 rings (SSSR count). The lowest BCUT2D eigenvalue weighted by Crippen LogP contribution is -2.54. The maximum Gasteiger partial charge on any atom is 0.144 e. The Morgan fingerprint density at radius 2 is 1.11 bits per heavy atom. The fourth-order valence-electron chi connectivity index (χ4n) is 2.48. The van der Waals surface area contributed by atoms with Crippen molar-refractivity contribution in [2.24, 2.45) is 17.2 Å². The van der Waals surface area contributed by atoms with Crippen LogP contribution in [-0.2, 0) is 5.79 Å². The Kier molecular flexibility index (Phi) is 2.35. The van der Waals surface area contributed by atoms with Gasteiger partial charge >= 0.3 is 0 Å². The number of rotatable bonds is 1. The van der Waals surface area contributed by atoms with Gasteiger partial charge in [0, 0.05) is 5.56 Å². The standard InChI is InChI=1S/C15H15N3/c16-15(17,18)14-12-7-3-1-5-10(12)9-11-6-2-4-8-13(11)14/h1-9H,16-18H2. The zero-order valence-electron chi connectivity index (χ0n) is 9.93. The van der Waals surface area contributed by atoms with Crippen molar-refractivity contribution in [3.63, 3.8) is 0 Å². The molecule has 0 spiro atoms. The second-order valence-corrected chi connectivity index (χ2v) is 4.63. The summed E-state index contributed by atoms with van der Waals surface area (Å²) in [6, 6.07) is 18.1. The SMILES string of the molecule is NC(N)(N)c1c2ccccc2cc2ccccc12. The molecule has 6 N–H and O–H groups in total. The van der Waals surface area contributed by atoms with E-state index in [1.165, 1.54) is 0 Å². The molecule has 0 heterocycles. The summed E-state index contributed by atoms with van der Waals surface area (Å²) in [5, 5.41) is 4.20. The first-order valence-corrected chi connectivity index (χ1v) is 5.85. The molecule has 3 nitrogen and oxygen atoms in total. The summed E-state index contributed by atoms with van der Waals surface area (Å²) in [6.07, 6.45) is 0. The summed E-state index contributed by atoms with van der Waals surface area (Å²) in [6.45, 7) is 0. The van der Waals surface area contributed by atoms with Gasteiger partial charge in [0.1, 0.15) is 5.79 Å². The van der Waals surface area contributed by atoms with Crippen molar-refractivity contribution in [3.05, 3.63) is 60.2 Å². The van der Waals surface area contributed by atoms with Crippen LogP contribution >= 0.6 is 0 Å². The highest BCUT2D eigenvalue weighted by atomic mass is 15.1. The molecular formula is C15H15N3. The minimum absolute atomic E-state index is 0.788. The molecule has 0 aliphatic rings. The van der Waals surface area contributed by atoms with Gasteiger partial charge in [0.15, 0.2) is 0 Å². The molecule has 0 aromatic heterocycles. The Morgan fingerprint density at radius 1 is 0.667 bits per heavy atom. The summed E-state index contributed by atoms with van der Waals surface area (Å²) in [7, 11) is 0. The predicted octanol–water partition coefficient (Wildman–Crippen LogP) is 1.98. The average molecular weight is 237 g/mol. The van der Waals surface area contributed by atoms with E-state index < -0.39 is 5.79 Å². The van der Waals surface area contributed by atoms with Crippen molar-refractivity contribution >= 4 is 21.5 Å². The molecule has 90 valence electrons. The fraction of sp³-hybridized carbons (Fsp3) is 0.0667. The van der Waals surface area contributed by atoms with Crippen LogP contribution in [0.3, 0.4) is 0 Å². The molecular weight excluding hydrogens is 222 g/mol. The molecule has 0 amide bonds. The van der Waals surface area contributed by atoms with Crippen LogP contribution in [0.25, 0.3) is 21.5 Å². The number of benzene rings is 3. The predicted molar refractivity (Wildman–Crippen MR) is 75.7 cm³/mol. The van der Waals surface area contributed by atoms with Crippen molar-refractivity contribution < 1.29 is 0 Å². The van der Waals surface area contributed by atoms with E-state index in [1.54, 1.807) is 0 Å². The third kappa shape index (κ3) is 1.66. The normalized spacial score (nSPS) is 12.2. The topological polar surface area (TPSA) is 78.1 Å². The summed E-state index contributed by atoms with van der Waals surface area (Å²) < 4.78 is 0. The highest BCUT2D eigenvalue weighted by Crippen LogP contribution is 2.30. The number of fused-ring (bicyclic) bond motifs is 2. The van der Waals surface area contributed by atoms with Gasteiger partial charge in [-0.25, -0.2) is 0 Å². The molecule has 3 aromatic carbocycles. The average Bonchev–Trinajstić information content (AvgIpc) is 2.34. The van der Waals surface area contributed by atoms with E-state index >= 15 is 0 Å². The van der Waals surface area contributed by atoms with Gasteiger partial charge in [0.05, 0.1) is 0 Å². The first kappa shape index (κ1) is 11.2. The van der Waals surface area contributed by atoms with Gasteiger partial charge in [-0.3, -0.25) is 17.2 Å². The summed E-state index contributed by atoms with van der Waals surface area (Å²) in [4.78, 5) is 0. The van der Waals surface area contributed by atoms with Crippen LogP contribution in [0.4, 0.5) is 0 Å². The van der Waals surface area contributed by atoms with Gasteiger partial charge in [-0.15, -0.1) is 0 Å². The van der Waals surface area contributed by atoms with Crippen molar-refractivity contribution in [3.8, 4) is 0 Å². The van der Waals surface area contributed by atoms with E-state index in [0.29, 0.717) is 0 Å². The first-order chi connectivity index (χ1) is 8.57. The maximum absolute atomic E-state index is 5.94. The quantitative estimate of drug-likeness (QED) is 0.447. The van der Waals surface area contributed by atoms with E-state index in [-0.39, 0.29) is 0 Å². The molecule has 0 bridgehead atoms. The lowest BCUT2D eigenvalue weighted by molar-refractivity contribution is 0.497. The molecule has 0 fully saturated rings. The Morgan fingerprint density at radius 3 is 1.56 bits per heavy atom. The number of nitrogens with two attached hydrogens (primary N) is 3. The van der Waals surface area contributed by atoms with E-state index in [0.717, 1.165) is 27.1 Å². The lowest BCUT2D eigenvalue weighted by atomic mass is 9.93. The highest BCUT2D eigenvalue weighted by Gasteiger charge is 2.21. The zero-order valence-corrected chi connectivity index (χ0v) is 9.93. The van der Waals surface area contributed by atoms with Gasteiger partial charge in [0.25, 0.3) is 0 Å². The molecule has 3 heteroatoms. The summed E-state index contributed by atoms with van der Waals surface area (Å²) in [5.74, 6) is -1.35. The molecule has 0 atom stereocenters. The fourth-order valence-corrected chi connectivity index (χ4v) is 2.48. The third-order valence-electron chi connectivity index (χ3n) is 3.20. The van der Waals surface area contributed by atoms with Gasteiger partial charge < -0.3 is 0 Å². The van der Waals surface area contributed by atoms with Crippen LogP contribution in [0.2, 0.25) is 0 Å². The number of hydrogen-bond donors (Lipinski definition) is 3. The second-order valence-electron chi connectivity index (χ2n) is 4.63. The van der Waals surface area contributed by atoms with Gasteiger partial charge in [-0.2, -0.15) is 0 Å². The van der Waals surface area contributed by atoms with Crippen molar-refractivity contribution in [2.45, 2.75) is 5.79 Å². The molecule has 0 saturated carbocycles. The van der Waals surface area contributed by atoms with Crippen LogP contribution in [0.1, 0.15) is 5.56 Å². The molecule has 0 aliphatic carbocycles. The van der Waals surface area contributed by atoms with Crippen molar-refractivity contribution in [1.29, 1.82) is 0 Å². The highest BCUT2D eigenvalue weighted by molar-refractivity contribution is 6.02. The molecule has 0 unspecified atom stereocenters. The van der Waals surface area contributed by atoms with Crippen molar-refractivity contribution in [2.75, 3.05) is 0 Å². The minimum Gasteiger partial charge on any atom is -0.297 e. The zero-order chi connectivity index (χ0) is 12.8. The first-order valence-electron chi connectivity index (χ1n) is 5.85. The van der Waals surface area contributed by atoms with Crippen LogP contribution < -0.4 is 17.2 Å². The van der Waals surface area contributed by atoms with Crippen LogP contribution in [0, 0.1) is 0 Å². The van der Waals surface area contributed by atoms with Crippen LogP contribution in [0.15, 0.2) is 54.6 Å². The van der Waals surface area contributed by atoms with E-state index in [4.69, 9.17) is 17.2 Å². The lowest BCUT2D eigenvalue weighted by Gasteiger charge is -2.23. The maximum atomic E-state index is 5.94. The Bertz CT molecular complexity index is 672. The van der Waals surface area contributed by atoms with Crippen molar-refractivity contribution in [1.82, 2.24) is 0 Å². The largest absolute Gasteiger partial charge is 0.297 e. The van der Waals surface area contributed by atoms with E-state index in [1.807, 2.05) is 48.5 Å². The molecule has 0 saturated heterocycles. The minimum atomic E-state index is -1.35. The van der Waals surface area contributed by atoms with E-state index in [9.17, 15) is 0 Å². The molecule has 0 aliphatic heterocycles. The molecule has 0 radical (unpaired) electrons. The second kappa shape index (κ2) is 3.78. The summed E-state index contributed by atoms with van der Waals surface area (Å²) in [5.41, 5.74) is 18.6. The Hall–Kier alpha value is -1.94. The monoisotopic (exact) mass is 237 g/mol. The van der Waals surface area contributed by atoms with Crippen LogP contribution in [-0.4, -0.2) is 0 Å². The smallest absolute Gasteiger partial charge is 0.144 e. The van der Waals surface area contributed by atoms with Crippen LogP contribution in [0.5, 0.6) is 0 Å². The Labute approximate surface area is 105 Å². The number of hydrogen-bond acceptors (Lipinski definition) is 3.